The number of morpholine rings is 1. The van der Waals surface area contributed by atoms with Crippen molar-refractivity contribution in [3.8, 4) is 11.3 Å². The quantitative estimate of drug-likeness (QED) is 0.567. The fourth-order valence-electron chi connectivity index (χ4n) is 4.63. The Kier molecular flexibility index (Phi) is 6.85. The molecule has 190 valence electrons. The Morgan fingerprint density at radius 1 is 1.06 bits per heavy atom. The van der Waals surface area contributed by atoms with E-state index < -0.39 is 0 Å². The van der Waals surface area contributed by atoms with Gasteiger partial charge in [0.15, 0.2) is 5.65 Å². The zero-order valence-corrected chi connectivity index (χ0v) is 20.4. The summed E-state index contributed by atoms with van der Waals surface area (Å²) in [5.74, 6) is 0.641. The van der Waals surface area contributed by atoms with E-state index in [0.29, 0.717) is 51.0 Å². The van der Waals surface area contributed by atoms with Gasteiger partial charge in [0, 0.05) is 44.5 Å². The predicted molar refractivity (Wildman–Crippen MR) is 134 cm³/mol. The van der Waals surface area contributed by atoms with Crippen LogP contribution in [0.4, 0.5) is 21.2 Å². The molecular weight excluding hydrogens is 464 g/mol. The summed E-state index contributed by atoms with van der Waals surface area (Å²) in [6.07, 6.45) is 3.04. The smallest absolute Gasteiger partial charge is 0.409 e. The van der Waals surface area contributed by atoms with Gasteiger partial charge in [0.25, 0.3) is 0 Å². The van der Waals surface area contributed by atoms with Crippen molar-refractivity contribution in [2.75, 3.05) is 63.8 Å². The average molecular weight is 495 g/mol. The van der Waals surface area contributed by atoms with Gasteiger partial charge in [-0.3, -0.25) is 0 Å². The van der Waals surface area contributed by atoms with Crippen LogP contribution in [0, 0.1) is 0 Å². The minimum atomic E-state index is -0.299. The van der Waals surface area contributed by atoms with Gasteiger partial charge in [-0.05, 0) is 25.0 Å². The summed E-state index contributed by atoms with van der Waals surface area (Å²) in [7, 11) is 2.98. The Bertz CT molecular complexity index is 1230. The molecule has 1 aromatic carbocycles. The van der Waals surface area contributed by atoms with Gasteiger partial charge >= 0.3 is 12.1 Å². The second-order valence-electron chi connectivity index (χ2n) is 8.77. The predicted octanol–water partition coefficient (Wildman–Crippen LogP) is 2.48. The number of fused-ring (bicyclic) bond motifs is 1. The largest absolute Gasteiger partial charge is 0.453 e. The Hall–Kier alpha value is -3.93. The highest BCUT2D eigenvalue weighted by atomic mass is 16.5. The van der Waals surface area contributed by atoms with Crippen LogP contribution in [-0.4, -0.2) is 90.3 Å². The van der Waals surface area contributed by atoms with Gasteiger partial charge in [-0.1, -0.05) is 12.1 Å². The Labute approximate surface area is 208 Å². The van der Waals surface area contributed by atoms with Crippen molar-refractivity contribution >= 4 is 34.8 Å². The number of hydrogen-bond acceptors (Lipinski definition) is 8. The molecule has 0 unspecified atom stereocenters. The van der Waals surface area contributed by atoms with Crippen molar-refractivity contribution in [2.24, 2.45) is 0 Å². The number of benzene rings is 1. The first-order valence-corrected chi connectivity index (χ1v) is 12.1. The number of carbonyl (C=O) groups is 2. The Morgan fingerprint density at radius 3 is 2.44 bits per heavy atom. The topological polar surface area (TPSA) is 127 Å². The number of nitrogens with one attached hydrogen (secondary N) is 2. The van der Waals surface area contributed by atoms with Crippen LogP contribution in [0.5, 0.6) is 0 Å². The fourth-order valence-corrected chi connectivity index (χ4v) is 4.63. The maximum Gasteiger partial charge on any atom is 0.409 e. The van der Waals surface area contributed by atoms with Crippen LogP contribution in [0.3, 0.4) is 0 Å². The maximum atomic E-state index is 11.9. The molecule has 5 rings (SSSR count). The van der Waals surface area contributed by atoms with Crippen LogP contribution >= 0.6 is 0 Å². The van der Waals surface area contributed by atoms with Crippen LogP contribution in [0.2, 0.25) is 0 Å². The van der Waals surface area contributed by atoms with Gasteiger partial charge in [-0.25, -0.2) is 19.3 Å². The molecule has 2 fully saturated rings. The molecular formula is C24H30N8O4. The van der Waals surface area contributed by atoms with Crippen LogP contribution in [0.15, 0.2) is 30.5 Å². The molecule has 0 radical (unpaired) electrons. The van der Waals surface area contributed by atoms with Gasteiger partial charge in [0.05, 0.1) is 43.6 Å². The molecule has 2 aromatic heterocycles. The summed E-state index contributed by atoms with van der Waals surface area (Å²) in [6.45, 7) is 3.89. The van der Waals surface area contributed by atoms with Gasteiger partial charge in [0.2, 0.25) is 5.95 Å². The van der Waals surface area contributed by atoms with E-state index in [0.717, 1.165) is 35.1 Å². The number of likely N-dealkylation sites (tertiary alicyclic amines) is 1. The van der Waals surface area contributed by atoms with Crippen LogP contribution in [0.25, 0.3) is 22.3 Å². The molecule has 0 atom stereocenters. The molecule has 12 nitrogen and oxygen atoms in total. The lowest BCUT2D eigenvalue weighted by molar-refractivity contribution is 0.106. The van der Waals surface area contributed by atoms with Crippen LogP contribution < -0.4 is 15.5 Å². The number of rotatable bonds is 4. The third-order valence-corrected chi connectivity index (χ3v) is 6.62. The zero-order chi connectivity index (χ0) is 25.1. The third kappa shape index (κ3) is 4.76. The van der Waals surface area contributed by atoms with Gasteiger partial charge in [-0.2, -0.15) is 10.1 Å². The van der Waals surface area contributed by atoms with E-state index >= 15 is 0 Å². The van der Waals surface area contributed by atoms with E-state index in [1.165, 1.54) is 7.11 Å². The highest BCUT2D eigenvalue weighted by Crippen LogP contribution is 2.32. The lowest BCUT2D eigenvalue weighted by Gasteiger charge is -2.31. The van der Waals surface area contributed by atoms with Crippen LogP contribution in [-0.2, 0) is 9.47 Å². The van der Waals surface area contributed by atoms with Crippen molar-refractivity contribution in [3.63, 3.8) is 0 Å². The number of anilines is 2. The number of urea groups is 1. The summed E-state index contributed by atoms with van der Waals surface area (Å²) < 4.78 is 12.4. The molecule has 0 bridgehead atoms. The summed E-state index contributed by atoms with van der Waals surface area (Å²) in [4.78, 5) is 37.3. The normalized spacial score (nSPS) is 16.7. The van der Waals surface area contributed by atoms with Crippen molar-refractivity contribution in [1.82, 2.24) is 30.0 Å². The second kappa shape index (κ2) is 10.4. The molecule has 4 heterocycles. The monoisotopic (exact) mass is 494 g/mol. The fraction of sp³-hybridized carbons (Fsp3) is 0.458. The highest BCUT2D eigenvalue weighted by molar-refractivity contribution is 5.93. The average Bonchev–Trinajstić information content (AvgIpc) is 3.37. The first-order chi connectivity index (χ1) is 17.6. The molecule has 12 heteroatoms. The third-order valence-electron chi connectivity index (χ3n) is 6.62. The van der Waals surface area contributed by atoms with Gasteiger partial charge in [0.1, 0.15) is 0 Å². The minimum absolute atomic E-state index is 0.114. The highest BCUT2D eigenvalue weighted by Gasteiger charge is 2.27. The molecule has 0 spiro atoms. The lowest BCUT2D eigenvalue weighted by Crippen LogP contribution is -2.39. The van der Waals surface area contributed by atoms with E-state index in [-0.39, 0.29) is 18.2 Å². The molecule has 0 aliphatic carbocycles. The standard InChI is InChI=1S/C24H30N8O4/c1-25-23(33)27-17-5-3-16(4-6-17)20-19-15-26-32(18-7-9-31(10-8-18)24(34)35-2)21(19)29-22(28-20)30-11-13-36-14-12-30/h3-6,15,18H,7-14H2,1-2H3,(H2,25,27,33). The number of hydrogen-bond donors (Lipinski definition) is 2. The van der Waals surface area contributed by atoms with Crippen molar-refractivity contribution < 1.29 is 19.1 Å². The van der Waals surface area contributed by atoms with E-state index in [9.17, 15) is 9.59 Å². The van der Waals surface area contributed by atoms with Crippen molar-refractivity contribution in [2.45, 2.75) is 18.9 Å². The summed E-state index contributed by atoms with van der Waals surface area (Å²) >= 11 is 0. The molecule has 2 aliphatic heterocycles. The Morgan fingerprint density at radius 2 is 1.78 bits per heavy atom. The number of ether oxygens (including phenoxy) is 2. The molecule has 2 saturated heterocycles. The first kappa shape index (κ1) is 23.8. The number of amides is 3. The zero-order valence-electron chi connectivity index (χ0n) is 20.4. The van der Waals surface area contributed by atoms with Crippen molar-refractivity contribution in [3.05, 3.63) is 30.5 Å². The molecule has 3 amide bonds. The minimum Gasteiger partial charge on any atom is -0.453 e. The number of nitrogens with zero attached hydrogens (tertiary/aromatic N) is 6. The number of aromatic nitrogens is 4. The summed E-state index contributed by atoms with van der Waals surface area (Å²) in [6, 6.07) is 7.40. The van der Waals surface area contributed by atoms with E-state index in [1.807, 2.05) is 35.1 Å². The number of carbonyl (C=O) groups excluding carboxylic acids is 2. The number of piperidine rings is 1. The molecule has 0 saturated carbocycles. The number of methoxy groups -OCH3 is 1. The molecule has 36 heavy (non-hydrogen) atoms. The van der Waals surface area contributed by atoms with E-state index in [4.69, 9.17) is 24.5 Å². The Balaban J connectivity index is 1.51. The van der Waals surface area contributed by atoms with Gasteiger partial charge < -0.3 is 29.9 Å². The molecule has 3 aromatic rings. The second-order valence-corrected chi connectivity index (χ2v) is 8.77. The van der Waals surface area contributed by atoms with E-state index in [1.54, 1.807) is 11.9 Å². The molecule has 2 N–H and O–H groups in total. The van der Waals surface area contributed by atoms with Crippen molar-refractivity contribution in [1.29, 1.82) is 0 Å². The SMILES string of the molecule is CNC(=O)Nc1ccc(-c2nc(N3CCOCC3)nc3c2cnn3C2CCN(C(=O)OC)CC2)cc1. The molecule has 2 aliphatic rings. The first-order valence-electron chi connectivity index (χ1n) is 12.1. The van der Waals surface area contributed by atoms with E-state index in [2.05, 4.69) is 15.5 Å². The summed E-state index contributed by atoms with van der Waals surface area (Å²) in [5.41, 5.74) is 3.14. The lowest BCUT2D eigenvalue weighted by atomic mass is 10.1. The maximum absolute atomic E-state index is 11.9. The van der Waals surface area contributed by atoms with Gasteiger partial charge in [-0.15, -0.1) is 0 Å². The van der Waals surface area contributed by atoms with Crippen LogP contribution in [0.1, 0.15) is 18.9 Å². The summed E-state index contributed by atoms with van der Waals surface area (Å²) in [5, 5.41) is 10.9.